The lowest BCUT2D eigenvalue weighted by Gasteiger charge is -2.31. The summed E-state index contributed by atoms with van der Waals surface area (Å²) in [5.74, 6) is 0.374. The Hall–Kier alpha value is -1.91. The van der Waals surface area contributed by atoms with Crippen molar-refractivity contribution < 1.29 is 13.9 Å². The number of methoxy groups -OCH3 is 1. The van der Waals surface area contributed by atoms with Gasteiger partial charge in [-0.3, -0.25) is 0 Å². The first kappa shape index (κ1) is 14.0. The van der Waals surface area contributed by atoms with Crippen molar-refractivity contribution in [2.24, 2.45) is 5.73 Å². The molecule has 2 atom stereocenters. The molecular weight excluding hydrogens is 269 g/mol. The SMILES string of the molecule is COCc1ccccc1C1CC(N)c2cc(F)ccc2O1. The van der Waals surface area contributed by atoms with E-state index in [9.17, 15) is 4.39 Å². The molecule has 2 aromatic carbocycles. The summed E-state index contributed by atoms with van der Waals surface area (Å²) < 4.78 is 24.6. The van der Waals surface area contributed by atoms with Crippen molar-refractivity contribution in [1.82, 2.24) is 0 Å². The lowest BCUT2D eigenvalue weighted by Crippen LogP contribution is -2.25. The summed E-state index contributed by atoms with van der Waals surface area (Å²) in [4.78, 5) is 0. The average molecular weight is 287 g/mol. The Morgan fingerprint density at radius 1 is 1.24 bits per heavy atom. The second kappa shape index (κ2) is 5.84. The molecule has 0 saturated carbocycles. The molecule has 0 radical (unpaired) electrons. The first-order valence-electron chi connectivity index (χ1n) is 6.97. The minimum absolute atomic E-state index is 0.135. The Bertz CT molecular complexity index is 644. The molecule has 1 aliphatic rings. The van der Waals surface area contributed by atoms with Crippen LogP contribution in [0.3, 0.4) is 0 Å². The minimum atomic E-state index is -0.286. The van der Waals surface area contributed by atoms with Gasteiger partial charge in [0, 0.05) is 25.1 Å². The normalized spacial score (nSPS) is 20.7. The monoisotopic (exact) mass is 287 g/mol. The Morgan fingerprint density at radius 2 is 2.05 bits per heavy atom. The molecular formula is C17H18FNO2. The van der Waals surface area contributed by atoms with Gasteiger partial charge in [0.25, 0.3) is 0 Å². The van der Waals surface area contributed by atoms with Gasteiger partial charge in [0.05, 0.1) is 6.61 Å². The maximum absolute atomic E-state index is 13.3. The van der Waals surface area contributed by atoms with Gasteiger partial charge in [-0.1, -0.05) is 24.3 Å². The van der Waals surface area contributed by atoms with Gasteiger partial charge in [-0.05, 0) is 29.3 Å². The third kappa shape index (κ3) is 2.77. The predicted octanol–water partition coefficient (Wildman–Crippen LogP) is 3.50. The van der Waals surface area contributed by atoms with Crippen molar-refractivity contribution in [3.8, 4) is 5.75 Å². The summed E-state index contributed by atoms with van der Waals surface area (Å²) in [6.45, 7) is 0.529. The molecule has 0 spiro atoms. The molecule has 4 heteroatoms. The van der Waals surface area contributed by atoms with Crippen LogP contribution in [0.1, 0.15) is 35.3 Å². The summed E-state index contributed by atoms with van der Waals surface area (Å²) in [5.41, 5.74) is 9.08. The zero-order chi connectivity index (χ0) is 14.8. The van der Waals surface area contributed by atoms with Crippen molar-refractivity contribution in [2.45, 2.75) is 25.2 Å². The Kier molecular flexibility index (Phi) is 3.90. The van der Waals surface area contributed by atoms with E-state index in [4.69, 9.17) is 15.2 Å². The Balaban J connectivity index is 1.94. The second-order valence-corrected chi connectivity index (χ2v) is 5.26. The number of ether oxygens (including phenoxy) is 2. The van der Waals surface area contributed by atoms with Crippen LogP contribution >= 0.6 is 0 Å². The van der Waals surface area contributed by atoms with Crippen LogP contribution in [0, 0.1) is 5.82 Å². The van der Waals surface area contributed by atoms with Crippen LogP contribution in [0.2, 0.25) is 0 Å². The summed E-state index contributed by atoms with van der Waals surface area (Å²) in [7, 11) is 1.67. The lowest BCUT2D eigenvalue weighted by molar-refractivity contribution is 0.151. The number of fused-ring (bicyclic) bond motifs is 1. The molecule has 2 aromatic rings. The molecule has 2 unspecified atom stereocenters. The van der Waals surface area contributed by atoms with E-state index in [-0.39, 0.29) is 18.0 Å². The highest BCUT2D eigenvalue weighted by Crippen LogP contribution is 2.40. The Labute approximate surface area is 123 Å². The molecule has 0 amide bonds. The van der Waals surface area contributed by atoms with E-state index in [0.29, 0.717) is 18.8 Å². The van der Waals surface area contributed by atoms with Gasteiger partial charge in [-0.25, -0.2) is 4.39 Å². The maximum Gasteiger partial charge on any atom is 0.126 e. The van der Waals surface area contributed by atoms with Gasteiger partial charge in [0.1, 0.15) is 17.7 Å². The molecule has 3 rings (SSSR count). The van der Waals surface area contributed by atoms with Crippen molar-refractivity contribution >= 4 is 0 Å². The maximum atomic E-state index is 13.3. The van der Waals surface area contributed by atoms with Crippen LogP contribution in [0.15, 0.2) is 42.5 Å². The Morgan fingerprint density at radius 3 is 2.86 bits per heavy atom. The number of nitrogens with two attached hydrogens (primary N) is 1. The van der Waals surface area contributed by atoms with Gasteiger partial charge in [0.2, 0.25) is 0 Å². The van der Waals surface area contributed by atoms with Crippen LogP contribution < -0.4 is 10.5 Å². The summed E-state index contributed by atoms with van der Waals surface area (Å²) in [6.07, 6.45) is 0.487. The summed E-state index contributed by atoms with van der Waals surface area (Å²) >= 11 is 0. The number of rotatable bonds is 3. The van der Waals surface area contributed by atoms with Gasteiger partial charge in [0.15, 0.2) is 0 Å². The average Bonchev–Trinajstić information content (AvgIpc) is 2.49. The van der Waals surface area contributed by atoms with E-state index >= 15 is 0 Å². The molecule has 21 heavy (non-hydrogen) atoms. The number of hydrogen-bond donors (Lipinski definition) is 1. The number of halogens is 1. The molecule has 0 saturated heterocycles. The van der Waals surface area contributed by atoms with Gasteiger partial charge in [-0.15, -0.1) is 0 Å². The predicted molar refractivity (Wildman–Crippen MR) is 78.5 cm³/mol. The lowest BCUT2D eigenvalue weighted by atomic mass is 9.91. The molecule has 0 bridgehead atoms. The fourth-order valence-corrected chi connectivity index (χ4v) is 2.80. The van der Waals surface area contributed by atoms with Crippen molar-refractivity contribution in [1.29, 1.82) is 0 Å². The molecule has 0 aromatic heterocycles. The molecule has 1 heterocycles. The van der Waals surface area contributed by atoms with E-state index in [1.54, 1.807) is 13.2 Å². The first-order chi connectivity index (χ1) is 10.2. The highest BCUT2D eigenvalue weighted by Gasteiger charge is 2.28. The van der Waals surface area contributed by atoms with Crippen LogP contribution in [-0.4, -0.2) is 7.11 Å². The van der Waals surface area contributed by atoms with Crippen molar-refractivity contribution in [3.05, 3.63) is 65.0 Å². The standard InChI is InChI=1S/C17H18FNO2/c1-20-10-11-4-2-3-5-13(11)17-9-15(19)14-8-12(18)6-7-16(14)21-17/h2-8,15,17H,9-10,19H2,1H3. The topological polar surface area (TPSA) is 44.5 Å². The van der Waals surface area contributed by atoms with E-state index in [0.717, 1.165) is 16.7 Å². The first-order valence-corrected chi connectivity index (χ1v) is 6.97. The van der Waals surface area contributed by atoms with Gasteiger partial charge >= 0.3 is 0 Å². The molecule has 110 valence electrons. The van der Waals surface area contributed by atoms with Crippen LogP contribution in [-0.2, 0) is 11.3 Å². The molecule has 0 fully saturated rings. The van der Waals surface area contributed by atoms with Crippen molar-refractivity contribution in [3.63, 3.8) is 0 Å². The molecule has 2 N–H and O–H groups in total. The summed E-state index contributed by atoms with van der Waals surface area (Å²) in [6, 6.07) is 12.3. The fraction of sp³-hybridized carbons (Fsp3) is 0.294. The second-order valence-electron chi connectivity index (χ2n) is 5.26. The quantitative estimate of drug-likeness (QED) is 0.939. The molecule has 1 aliphatic heterocycles. The fourth-order valence-electron chi connectivity index (χ4n) is 2.80. The van der Waals surface area contributed by atoms with Crippen LogP contribution in [0.25, 0.3) is 0 Å². The zero-order valence-electron chi connectivity index (χ0n) is 11.9. The largest absolute Gasteiger partial charge is 0.485 e. The van der Waals surface area contributed by atoms with Gasteiger partial charge < -0.3 is 15.2 Å². The highest BCUT2D eigenvalue weighted by molar-refractivity contribution is 5.40. The third-order valence-electron chi connectivity index (χ3n) is 3.81. The van der Waals surface area contributed by atoms with E-state index in [1.807, 2.05) is 24.3 Å². The highest BCUT2D eigenvalue weighted by atomic mass is 19.1. The van der Waals surface area contributed by atoms with E-state index in [1.165, 1.54) is 12.1 Å². The molecule has 0 aliphatic carbocycles. The van der Waals surface area contributed by atoms with Crippen molar-refractivity contribution in [2.75, 3.05) is 7.11 Å². The van der Waals surface area contributed by atoms with E-state index in [2.05, 4.69) is 0 Å². The van der Waals surface area contributed by atoms with Crippen LogP contribution in [0.4, 0.5) is 4.39 Å². The molecule has 3 nitrogen and oxygen atoms in total. The summed E-state index contributed by atoms with van der Waals surface area (Å²) in [5, 5.41) is 0. The van der Waals surface area contributed by atoms with E-state index < -0.39 is 0 Å². The number of benzene rings is 2. The number of hydrogen-bond acceptors (Lipinski definition) is 3. The third-order valence-corrected chi connectivity index (χ3v) is 3.81. The minimum Gasteiger partial charge on any atom is -0.485 e. The zero-order valence-corrected chi connectivity index (χ0v) is 11.9. The smallest absolute Gasteiger partial charge is 0.126 e. The van der Waals surface area contributed by atoms with Crippen LogP contribution in [0.5, 0.6) is 5.75 Å². The van der Waals surface area contributed by atoms with Gasteiger partial charge in [-0.2, -0.15) is 0 Å².